The van der Waals surface area contributed by atoms with E-state index in [0.717, 1.165) is 28.7 Å². The van der Waals surface area contributed by atoms with Crippen LogP contribution in [0.5, 0.6) is 0 Å². The van der Waals surface area contributed by atoms with Gasteiger partial charge in [-0.3, -0.25) is 14.5 Å². The summed E-state index contributed by atoms with van der Waals surface area (Å²) >= 11 is 3.51. The van der Waals surface area contributed by atoms with Gasteiger partial charge in [0.15, 0.2) is 0 Å². The minimum atomic E-state index is -0.376. The quantitative estimate of drug-likeness (QED) is 0.773. The first-order chi connectivity index (χ1) is 12.5. The van der Waals surface area contributed by atoms with E-state index in [1.807, 2.05) is 17.0 Å². The lowest BCUT2D eigenvalue weighted by Crippen LogP contribution is -2.45. The number of aromatic amines is 1. The second kappa shape index (κ2) is 6.96. The van der Waals surface area contributed by atoms with Gasteiger partial charge < -0.3 is 9.72 Å². The Hall–Kier alpha value is -1.99. The second-order valence-electron chi connectivity index (χ2n) is 6.96. The molecule has 1 atom stereocenters. The Morgan fingerprint density at radius 1 is 1.35 bits per heavy atom. The number of ether oxygens (including phenoxy) is 1. The highest BCUT2D eigenvalue weighted by molar-refractivity contribution is 9.10. The first-order valence-corrected chi connectivity index (χ1v) is 9.52. The standard InChI is InChI=1S/C19H20BrN3O3/c1-26-19(25)16-7-12-4-5-14(20)6-13(12)9-23(16)10-15-8-17(24)22-18(21-15)11-2-3-11/h4-6,8,11,16H,2-3,7,9-10H2,1H3,(H,21,22,24). The number of nitrogens with zero attached hydrogens (tertiary/aromatic N) is 2. The van der Waals surface area contributed by atoms with Crippen molar-refractivity contribution < 1.29 is 9.53 Å². The number of methoxy groups -OCH3 is 1. The number of carbonyl (C=O) groups is 1. The van der Waals surface area contributed by atoms with Gasteiger partial charge in [0.25, 0.3) is 5.56 Å². The minimum Gasteiger partial charge on any atom is -0.468 e. The Kier molecular flexibility index (Phi) is 4.67. The number of aromatic nitrogens is 2. The van der Waals surface area contributed by atoms with Gasteiger partial charge in [-0.25, -0.2) is 4.98 Å². The first kappa shape index (κ1) is 17.4. The van der Waals surface area contributed by atoms with Gasteiger partial charge in [-0.1, -0.05) is 22.0 Å². The molecule has 0 amide bonds. The predicted molar refractivity (Wildman–Crippen MR) is 99.7 cm³/mol. The lowest BCUT2D eigenvalue weighted by Gasteiger charge is -2.35. The number of nitrogens with one attached hydrogen (secondary N) is 1. The minimum absolute atomic E-state index is 0.133. The molecule has 2 heterocycles. The second-order valence-corrected chi connectivity index (χ2v) is 7.87. The fourth-order valence-corrected chi connectivity index (χ4v) is 3.92. The highest BCUT2D eigenvalue weighted by Gasteiger charge is 2.33. The van der Waals surface area contributed by atoms with E-state index in [9.17, 15) is 9.59 Å². The SMILES string of the molecule is COC(=O)C1Cc2ccc(Br)cc2CN1Cc1cc(=O)[nH]c(C2CC2)n1. The summed E-state index contributed by atoms with van der Waals surface area (Å²) in [5, 5.41) is 0. The van der Waals surface area contributed by atoms with Crippen molar-refractivity contribution in [2.45, 2.75) is 44.3 Å². The summed E-state index contributed by atoms with van der Waals surface area (Å²) in [5.41, 5.74) is 2.89. The zero-order valence-electron chi connectivity index (χ0n) is 14.5. The molecule has 1 aromatic carbocycles. The van der Waals surface area contributed by atoms with E-state index in [-0.39, 0.29) is 17.6 Å². The summed E-state index contributed by atoms with van der Waals surface area (Å²) in [5.74, 6) is 0.880. The van der Waals surface area contributed by atoms with Gasteiger partial charge in [0.1, 0.15) is 11.9 Å². The number of hydrogen-bond acceptors (Lipinski definition) is 5. The third-order valence-corrected chi connectivity index (χ3v) is 5.50. The van der Waals surface area contributed by atoms with Crippen LogP contribution in [0.3, 0.4) is 0 Å². The summed E-state index contributed by atoms with van der Waals surface area (Å²) in [4.78, 5) is 33.8. The fourth-order valence-electron chi connectivity index (χ4n) is 3.51. The molecular formula is C19H20BrN3O3. The topological polar surface area (TPSA) is 75.3 Å². The molecule has 1 aliphatic heterocycles. The molecule has 26 heavy (non-hydrogen) atoms. The average Bonchev–Trinajstić information content (AvgIpc) is 3.45. The smallest absolute Gasteiger partial charge is 0.323 e. The lowest BCUT2D eigenvalue weighted by molar-refractivity contribution is -0.148. The van der Waals surface area contributed by atoms with E-state index in [4.69, 9.17) is 4.74 Å². The zero-order valence-corrected chi connectivity index (χ0v) is 16.1. The van der Waals surface area contributed by atoms with Gasteiger partial charge >= 0.3 is 5.97 Å². The molecule has 7 heteroatoms. The number of halogens is 1. The van der Waals surface area contributed by atoms with Gasteiger partial charge in [0, 0.05) is 29.5 Å². The van der Waals surface area contributed by atoms with E-state index >= 15 is 0 Å². The molecule has 0 saturated heterocycles. The zero-order chi connectivity index (χ0) is 18.3. The summed E-state index contributed by atoms with van der Waals surface area (Å²) in [6, 6.07) is 7.26. The predicted octanol–water partition coefficient (Wildman–Crippen LogP) is 2.51. The maximum absolute atomic E-state index is 12.3. The monoisotopic (exact) mass is 417 g/mol. The van der Waals surface area contributed by atoms with Crippen molar-refractivity contribution in [1.82, 2.24) is 14.9 Å². The van der Waals surface area contributed by atoms with Crippen molar-refractivity contribution in [2.75, 3.05) is 7.11 Å². The van der Waals surface area contributed by atoms with Crippen molar-refractivity contribution in [3.05, 3.63) is 61.7 Å². The summed E-state index contributed by atoms with van der Waals surface area (Å²) < 4.78 is 6.03. The molecule has 1 N–H and O–H groups in total. The number of benzene rings is 1. The number of esters is 1. The molecule has 2 aromatic rings. The van der Waals surface area contributed by atoms with Crippen LogP contribution in [0.1, 0.15) is 41.4 Å². The molecule has 1 aliphatic carbocycles. The average molecular weight is 418 g/mol. The van der Waals surface area contributed by atoms with E-state index in [1.54, 1.807) is 0 Å². The molecule has 1 saturated carbocycles. The molecule has 136 valence electrons. The molecule has 1 fully saturated rings. The van der Waals surface area contributed by atoms with Gasteiger partial charge in [-0.05, 0) is 42.5 Å². The molecule has 1 unspecified atom stereocenters. The number of carbonyl (C=O) groups excluding carboxylic acids is 1. The Morgan fingerprint density at radius 3 is 2.88 bits per heavy atom. The Bertz CT molecular complexity index is 907. The maximum atomic E-state index is 12.3. The van der Waals surface area contributed by atoms with Crippen LogP contribution in [0.25, 0.3) is 0 Å². The van der Waals surface area contributed by atoms with Crippen molar-refractivity contribution >= 4 is 21.9 Å². The van der Waals surface area contributed by atoms with Crippen molar-refractivity contribution in [3.63, 3.8) is 0 Å². The highest BCUT2D eigenvalue weighted by atomic mass is 79.9. The molecule has 0 radical (unpaired) electrons. The third-order valence-electron chi connectivity index (χ3n) is 5.01. The van der Waals surface area contributed by atoms with Crippen LogP contribution in [0.15, 0.2) is 33.5 Å². The van der Waals surface area contributed by atoms with Gasteiger partial charge in [0.2, 0.25) is 0 Å². The van der Waals surface area contributed by atoms with E-state index in [1.165, 1.54) is 18.7 Å². The van der Waals surface area contributed by atoms with Crippen molar-refractivity contribution in [2.24, 2.45) is 0 Å². The van der Waals surface area contributed by atoms with Crippen LogP contribution >= 0.6 is 15.9 Å². The molecule has 2 aliphatic rings. The normalized spacial score (nSPS) is 19.8. The highest BCUT2D eigenvalue weighted by Crippen LogP contribution is 2.37. The van der Waals surface area contributed by atoms with E-state index in [2.05, 4.69) is 32.0 Å². The summed E-state index contributed by atoms with van der Waals surface area (Å²) in [7, 11) is 1.41. The van der Waals surface area contributed by atoms with Crippen LogP contribution in [0.4, 0.5) is 0 Å². The van der Waals surface area contributed by atoms with Crippen molar-refractivity contribution in [1.29, 1.82) is 0 Å². The van der Waals surface area contributed by atoms with Crippen molar-refractivity contribution in [3.8, 4) is 0 Å². The van der Waals surface area contributed by atoms with Crippen LogP contribution in [-0.4, -0.2) is 34.0 Å². The largest absolute Gasteiger partial charge is 0.468 e. The number of hydrogen-bond donors (Lipinski definition) is 1. The van der Waals surface area contributed by atoms with E-state index < -0.39 is 0 Å². The maximum Gasteiger partial charge on any atom is 0.323 e. The fraction of sp³-hybridized carbons (Fsp3) is 0.421. The van der Waals surface area contributed by atoms with Crippen LogP contribution in [-0.2, 0) is 29.0 Å². The molecular weight excluding hydrogens is 398 g/mol. The van der Waals surface area contributed by atoms with Crippen LogP contribution in [0.2, 0.25) is 0 Å². The Morgan fingerprint density at radius 2 is 2.15 bits per heavy atom. The lowest BCUT2D eigenvalue weighted by atomic mass is 9.94. The third kappa shape index (κ3) is 3.59. The van der Waals surface area contributed by atoms with Gasteiger partial charge in [0.05, 0.1) is 12.8 Å². The summed E-state index contributed by atoms with van der Waals surface area (Å²) in [6.45, 7) is 1.05. The number of rotatable bonds is 4. The summed E-state index contributed by atoms with van der Waals surface area (Å²) in [6.07, 6.45) is 2.73. The van der Waals surface area contributed by atoms with Crippen LogP contribution < -0.4 is 5.56 Å². The molecule has 0 spiro atoms. The Balaban J connectivity index is 1.64. The van der Waals surface area contributed by atoms with E-state index in [0.29, 0.717) is 31.1 Å². The van der Waals surface area contributed by atoms with Gasteiger partial charge in [-0.2, -0.15) is 0 Å². The number of H-pyrrole nitrogens is 1. The van der Waals surface area contributed by atoms with Gasteiger partial charge in [-0.15, -0.1) is 0 Å². The first-order valence-electron chi connectivity index (χ1n) is 8.73. The Labute approximate surface area is 159 Å². The molecule has 4 rings (SSSR count). The molecule has 1 aromatic heterocycles. The van der Waals surface area contributed by atoms with Crippen LogP contribution in [0, 0.1) is 0 Å². The molecule has 6 nitrogen and oxygen atoms in total. The number of fused-ring (bicyclic) bond motifs is 1. The molecule has 0 bridgehead atoms.